The summed E-state index contributed by atoms with van der Waals surface area (Å²) in [5, 5.41) is 0. The largest absolute Gasteiger partial charge is 0.0842 e. The van der Waals surface area contributed by atoms with Crippen LogP contribution >= 0.6 is 0 Å². The Morgan fingerprint density at radius 2 is 2.44 bits per heavy atom. The van der Waals surface area contributed by atoms with E-state index in [1.165, 1.54) is 18.4 Å². The van der Waals surface area contributed by atoms with E-state index in [0.29, 0.717) is 5.92 Å². The van der Waals surface area contributed by atoms with Gasteiger partial charge in [-0.2, -0.15) is 0 Å². The monoisotopic (exact) mass is 121 g/mol. The van der Waals surface area contributed by atoms with Crippen LogP contribution in [0, 0.1) is 12.0 Å². The Hall–Kier alpha value is -0.520. The fourth-order valence-corrected chi connectivity index (χ4v) is 1.12. The Morgan fingerprint density at radius 1 is 1.67 bits per heavy atom. The molecule has 0 amide bonds. The van der Waals surface area contributed by atoms with Crippen LogP contribution in [0.2, 0.25) is 0 Å². The molecule has 1 atom stereocenters. The van der Waals surface area contributed by atoms with Crippen molar-refractivity contribution in [3.63, 3.8) is 0 Å². The lowest BCUT2D eigenvalue weighted by molar-refractivity contribution is 0.643. The molecule has 9 heavy (non-hydrogen) atoms. The van der Waals surface area contributed by atoms with Crippen LogP contribution in [-0.2, 0) is 0 Å². The molecule has 0 bridgehead atoms. The summed E-state index contributed by atoms with van der Waals surface area (Å²) in [6.07, 6.45) is 10.2. The summed E-state index contributed by atoms with van der Waals surface area (Å²) in [5.41, 5.74) is 1.29. The maximum absolute atomic E-state index is 3.37. The maximum atomic E-state index is 3.37. The van der Waals surface area contributed by atoms with Gasteiger partial charge in [0.15, 0.2) is 0 Å². The van der Waals surface area contributed by atoms with Gasteiger partial charge in [0.1, 0.15) is 0 Å². The standard InChI is InChI=1S/C9H13/c1-8-5-3-4-6-9(2)7-8/h3,5,9H,4,6H2,1-2H3. The Labute approximate surface area is 57.3 Å². The third kappa shape index (κ3) is 2.05. The Kier molecular flexibility index (Phi) is 2.10. The molecule has 0 saturated heterocycles. The second-order valence-corrected chi connectivity index (χ2v) is 2.71. The smallest absolute Gasteiger partial charge is 0.0182 e. The number of hydrogen-bond donors (Lipinski definition) is 0. The summed E-state index contributed by atoms with van der Waals surface area (Å²) in [4.78, 5) is 0. The minimum absolute atomic E-state index is 0.653. The molecule has 1 aliphatic carbocycles. The minimum atomic E-state index is 0.653. The van der Waals surface area contributed by atoms with Gasteiger partial charge in [-0.1, -0.05) is 19.1 Å². The van der Waals surface area contributed by atoms with Crippen molar-refractivity contribution in [1.82, 2.24) is 0 Å². The molecule has 1 aliphatic rings. The molecule has 1 unspecified atom stereocenters. The van der Waals surface area contributed by atoms with Gasteiger partial charge in [-0.25, -0.2) is 0 Å². The molecule has 0 saturated carbocycles. The normalized spacial score (nSPS) is 27.3. The summed E-state index contributed by atoms with van der Waals surface area (Å²) in [6.45, 7) is 4.33. The molecule has 0 fully saturated rings. The van der Waals surface area contributed by atoms with Gasteiger partial charge >= 0.3 is 0 Å². The first-order valence-electron chi connectivity index (χ1n) is 3.55. The van der Waals surface area contributed by atoms with Crippen molar-refractivity contribution in [2.45, 2.75) is 26.7 Å². The summed E-state index contributed by atoms with van der Waals surface area (Å²) >= 11 is 0. The Morgan fingerprint density at radius 3 is 3.22 bits per heavy atom. The van der Waals surface area contributed by atoms with Gasteiger partial charge in [0, 0.05) is 0 Å². The molecule has 0 aromatic heterocycles. The lowest BCUT2D eigenvalue weighted by atomic mass is 10.1. The molecular formula is C9H13. The maximum Gasteiger partial charge on any atom is -0.0182 e. The molecule has 0 spiro atoms. The molecule has 1 rings (SSSR count). The lowest BCUT2D eigenvalue weighted by Gasteiger charge is -1.98. The van der Waals surface area contributed by atoms with Crippen LogP contribution in [-0.4, -0.2) is 0 Å². The van der Waals surface area contributed by atoms with Gasteiger partial charge in [-0.3, -0.25) is 0 Å². The molecule has 0 aromatic carbocycles. The third-order valence-corrected chi connectivity index (χ3v) is 1.61. The molecule has 0 nitrogen and oxygen atoms in total. The highest BCUT2D eigenvalue weighted by Gasteiger charge is 1.99. The number of rotatable bonds is 0. The van der Waals surface area contributed by atoms with Crippen molar-refractivity contribution in [3.05, 3.63) is 23.8 Å². The van der Waals surface area contributed by atoms with E-state index in [1.54, 1.807) is 0 Å². The summed E-state index contributed by atoms with van der Waals surface area (Å²) in [6, 6.07) is 0. The van der Waals surface area contributed by atoms with Crippen molar-refractivity contribution < 1.29 is 0 Å². The van der Waals surface area contributed by atoms with Gasteiger partial charge in [0.25, 0.3) is 0 Å². The zero-order valence-corrected chi connectivity index (χ0v) is 6.15. The van der Waals surface area contributed by atoms with E-state index in [-0.39, 0.29) is 0 Å². The van der Waals surface area contributed by atoms with Crippen molar-refractivity contribution in [2.75, 3.05) is 0 Å². The summed E-state index contributed by atoms with van der Waals surface area (Å²) in [7, 11) is 0. The van der Waals surface area contributed by atoms with Crippen LogP contribution in [0.15, 0.2) is 17.7 Å². The highest BCUT2D eigenvalue weighted by atomic mass is 14.0. The first-order chi connectivity index (χ1) is 4.29. The van der Waals surface area contributed by atoms with E-state index in [2.05, 4.69) is 32.1 Å². The zero-order chi connectivity index (χ0) is 6.69. The van der Waals surface area contributed by atoms with E-state index in [0.717, 1.165) is 0 Å². The molecule has 0 heterocycles. The van der Waals surface area contributed by atoms with Gasteiger partial charge in [0.05, 0.1) is 0 Å². The van der Waals surface area contributed by atoms with Crippen molar-refractivity contribution in [3.8, 4) is 0 Å². The fraction of sp³-hybridized carbons (Fsp3) is 0.556. The predicted octanol–water partition coefficient (Wildman–Crippen LogP) is 2.72. The Balaban J connectivity index is 2.62. The fourth-order valence-electron chi connectivity index (χ4n) is 1.12. The topological polar surface area (TPSA) is 0 Å². The van der Waals surface area contributed by atoms with Crippen LogP contribution in [0.3, 0.4) is 0 Å². The van der Waals surface area contributed by atoms with Gasteiger partial charge in [-0.15, -0.1) is 0 Å². The van der Waals surface area contributed by atoms with E-state index < -0.39 is 0 Å². The van der Waals surface area contributed by atoms with Crippen molar-refractivity contribution in [2.24, 2.45) is 5.92 Å². The molecule has 1 radical (unpaired) electrons. The SMILES string of the molecule is CC1=[C]C(C)CCC=C1. The van der Waals surface area contributed by atoms with Crippen LogP contribution < -0.4 is 0 Å². The van der Waals surface area contributed by atoms with E-state index in [9.17, 15) is 0 Å². The first kappa shape index (κ1) is 6.60. The molecule has 49 valence electrons. The van der Waals surface area contributed by atoms with E-state index in [1.807, 2.05) is 0 Å². The second-order valence-electron chi connectivity index (χ2n) is 2.71. The van der Waals surface area contributed by atoms with Crippen molar-refractivity contribution in [1.29, 1.82) is 0 Å². The zero-order valence-electron chi connectivity index (χ0n) is 6.15. The Bertz CT molecular complexity index is 140. The van der Waals surface area contributed by atoms with Crippen LogP contribution in [0.5, 0.6) is 0 Å². The number of allylic oxidation sites excluding steroid dienone is 4. The van der Waals surface area contributed by atoms with E-state index in [4.69, 9.17) is 0 Å². The summed E-state index contributed by atoms with van der Waals surface area (Å²) < 4.78 is 0. The van der Waals surface area contributed by atoms with Crippen LogP contribution in [0.1, 0.15) is 26.7 Å². The lowest BCUT2D eigenvalue weighted by Crippen LogP contribution is -1.87. The highest BCUT2D eigenvalue weighted by Crippen LogP contribution is 2.14. The average molecular weight is 121 g/mol. The van der Waals surface area contributed by atoms with Crippen LogP contribution in [0.25, 0.3) is 0 Å². The first-order valence-corrected chi connectivity index (χ1v) is 3.55. The molecule has 0 aliphatic heterocycles. The quantitative estimate of drug-likeness (QED) is 0.462. The number of hydrogen-bond acceptors (Lipinski definition) is 0. The average Bonchev–Trinajstić information content (AvgIpc) is 1.93. The van der Waals surface area contributed by atoms with Gasteiger partial charge < -0.3 is 0 Å². The molecular weight excluding hydrogens is 108 g/mol. The molecule has 0 aromatic rings. The second kappa shape index (κ2) is 2.86. The molecule has 0 N–H and O–H groups in total. The highest BCUT2D eigenvalue weighted by molar-refractivity contribution is 5.14. The minimum Gasteiger partial charge on any atom is -0.0842 e. The van der Waals surface area contributed by atoms with Gasteiger partial charge in [0.2, 0.25) is 0 Å². The summed E-state index contributed by atoms with van der Waals surface area (Å²) in [5.74, 6) is 0.653. The van der Waals surface area contributed by atoms with Crippen molar-refractivity contribution >= 4 is 0 Å². The van der Waals surface area contributed by atoms with Crippen LogP contribution in [0.4, 0.5) is 0 Å². The predicted molar refractivity (Wildman–Crippen MR) is 40.0 cm³/mol. The molecule has 0 heteroatoms. The third-order valence-electron chi connectivity index (χ3n) is 1.61. The van der Waals surface area contributed by atoms with E-state index >= 15 is 0 Å². The van der Waals surface area contributed by atoms with Gasteiger partial charge in [-0.05, 0) is 37.3 Å².